The molecule has 1 N–H and O–H groups in total. The van der Waals surface area contributed by atoms with E-state index in [1.165, 1.54) is 6.07 Å². The van der Waals surface area contributed by atoms with Crippen LogP contribution in [0.25, 0.3) is 0 Å². The van der Waals surface area contributed by atoms with Gasteiger partial charge in [-0.05, 0) is 23.6 Å². The quantitative estimate of drug-likeness (QED) is 0.723. The monoisotopic (exact) mass is 291 g/mol. The summed E-state index contributed by atoms with van der Waals surface area (Å²) in [6.45, 7) is 5.64. The zero-order valence-electron chi connectivity index (χ0n) is 10.8. The van der Waals surface area contributed by atoms with Gasteiger partial charge in [0.15, 0.2) is 0 Å². The summed E-state index contributed by atoms with van der Waals surface area (Å²) in [7, 11) is 0. The zero-order chi connectivity index (χ0) is 13.5. The van der Waals surface area contributed by atoms with Crippen molar-refractivity contribution in [3.8, 4) is 0 Å². The second-order valence-electron chi connectivity index (χ2n) is 4.47. The summed E-state index contributed by atoms with van der Waals surface area (Å²) in [6.07, 6.45) is 2.17. The largest absolute Gasteiger partial charge is 0.311 e. The van der Waals surface area contributed by atoms with E-state index in [0.717, 1.165) is 24.9 Å². The molecule has 0 aliphatic rings. The van der Waals surface area contributed by atoms with E-state index in [4.69, 9.17) is 23.2 Å². The lowest BCUT2D eigenvalue weighted by molar-refractivity contribution is 0.446. The van der Waals surface area contributed by atoms with Crippen molar-refractivity contribution in [1.29, 1.82) is 0 Å². The zero-order valence-corrected chi connectivity index (χ0v) is 12.4. The smallest absolute Gasteiger partial charge is 0.142 e. The predicted molar refractivity (Wildman–Crippen MR) is 76.8 cm³/mol. The van der Waals surface area contributed by atoms with Gasteiger partial charge in [-0.1, -0.05) is 44.4 Å². The minimum absolute atomic E-state index is 0.122. The van der Waals surface area contributed by atoms with Crippen LogP contribution in [0.15, 0.2) is 18.2 Å². The summed E-state index contributed by atoms with van der Waals surface area (Å²) >= 11 is 11.9. The Kier molecular flexibility index (Phi) is 6.98. The van der Waals surface area contributed by atoms with E-state index < -0.39 is 0 Å². The number of rotatable bonds is 7. The van der Waals surface area contributed by atoms with Crippen LogP contribution >= 0.6 is 23.2 Å². The summed E-state index contributed by atoms with van der Waals surface area (Å²) in [6, 6.07) is 4.85. The van der Waals surface area contributed by atoms with Crippen LogP contribution in [0, 0.1) is 11.7 Å². The Morgan fingerprint density at radius 2 is 1.94 bits per heavy atom. The van der Waals surface area contributed by atoms with Gasteiger partial charge >= 0.3 is 0 Å². The van der Waals surface area contributed by atoms with Gasteiger partial charge < -0.3 is 5.32 Å². The van der Waals surface area contributed by atoms with Crippen LogP contribution in [0.5, 0.6) is 0 Å². The highest BCUT2D eigenvalue weighted by Crippen LogP contribution is 2.18. The lowest BCUT2D eigenvalue weighted by atomic mass is 9.99. The maximum absolute atomic E-state index is 13.2. The van der Waals surface area contributed by atoms with Crippen LogP contribution in [0.2, 0.25) is 5.02 Å². The van der Waals surface area contributed by atoms with Crippen molar-refractivity contribution >= 4 is 23.2 Å². The van der Waals surface area contributed by atoms with Crippen LogP contribution in [0.3, 0.4) is 0 Å². The Morgan fingerprint density at radius 1 is 1.28 bits per heavy atom. The van der Waals surface area contributed by atoms with Gasteiger partial charge in [-0.15, -0.1) is 11.6 Å². The molecule has 102 valence electrons. The summed E-state index contributed by atoms with van der Waals surface area (Å²) in [4.78, 5) is 0. The molecule has 0 aromatic heterocycles. The summed E-state index contributed by atoms with van der Waals surface area (Å²) in [5.74, 6) is 0.152. The molecule has 1 nitrogen and oxygen atoms in total. The second kappa shape index (κ2) is 7.98. The highest BCUT2D eigenvalue weighted by atomic mass is 35.5. The van der Waals surface area contributed by atoms with Gasteiger partial charge in [0.2, 0.25) is 0 Å². The summed E-state index contributed by atoms with van der Waals surface area (Å²) in [5.41, 5.74) is 0.880. The van der Waals surface area contributed by atoms with Gasteiger partial charge in [-0.25, -0.2) is 4.39 Å². The average molecular weight is 292 g/mol. The predicted octanol–water partition coefficient (Wildman–Crippen LogP) is 4.61. The molecule has 0 saturated carbocycles. The van der Waals surface area contributed by atoms with Gasteiger partial charge in [0.05, 0.1) is 5.02 Å². The molecule has 1 unspecified atom stereocenters. The van der Waals surface area contributed by atoms with E-state index in [-0.39, 0.29) is 16.2 Å². The van der Waals surface area contributed by atoms with Crippen LogP contribution in [0.4, 0.5) is 4.39 Å². The third-order valence-corrected chi connectivity index (χ3v) is 4.03. The maximum atomic E-state index is 13.2. The van der Waals surface area contributed by atoms with E-state index in [2.05, 4.69) is 19.2 Å². The molecule has 0 radical (unpaired) electrons. The molecule has 18 heavy (non-hydrogen) atoms. The third kappa shape index (κ3) is 4.75. The van der Waals surface area contributed by atoms with Gasteiger partial charge in [0.1, 0.15) is 5.82 Å². The molecule has 1 atom stereocenters. The standard InChI is InChI=1S/C14H20Cl2FN/c1-3-11(4-2)13(16)9-18-8-10-5-6-12(15)14(17)7-10/h5-7,11,13,18H,3-4,8-9H2,1-2H3. The van der Waals surface area contributed by atoms with Gasteiger partial charge in [0.25, 0.3) is 0 Å². The Hall–Kier alpha value is -0.310. The molecular formula is C14H20Cl2FN. The Bertz CT molecular complexity index is 367. The van der Waals surface area contributed by atoms with E-state index in [1.54, 1.807) is 6.07 Å². The first-order valence-electron chi connectivity index (χ1n) is 6.37. The van der Waals surface area contributed by atoms with E-state index >= 15 is 0 Å². The van der Waals surface area contributed by atoms with E-state index in [0.29, 0.717) is 12.5 Å². The molecule has 0 amide bonds. The number of nitrogens with one attached hydrogen (secondary N) is 1. The second-order valence-corrected chi connectivity index (χ2v) is 5.44. The number of hydrogen-bond donors (Lipinski definition) is 1. The molecule has 0 spiro atoms. The van der Waals surface area contributed by atoms with Crippen molar-refractivity contribution in [2.24, 2.45) is 5.92 Å². The molecule has 0 saturated heterocycles. The molecule has 4 heteroatoms. The highest BCUT2D eigenvalue weighted by molar-refractivity contribution is 6.30. The Labute approximate surface area is 119 Å². The molecule has 0 fully saturated rings. The van der Waals surface area contributed by atoms with Gasteiger partial charge in [0, 0.05) is 18.5 Å². The van der Waals surface area contributed by atoms with Crippen LogP contribution in [-0.4, -0.2) is 11.9 Å². The minimum Gasteiger partial charge on any atom is -0.311 e. The summed E-state index contributed by atoms with van der Waals surface area (Å²) < 4.78 is 13.2. The molecule has 1 aromatic rings. The fourth-order valence-corrected chi connectivity index (χ4v) is 2.55. The molecule has 0 aliphatic carbocycles. The lowest BCUT2D eigenvalue weighted by Gasteiger charge is -2.19. The van der Waals surface area contributed by atoms with Crippen molar-refractivity contribution in [2.75, 3.05) is 6.54 Å². The third-order valence-electron chi connectivity index (χ3n) is 3.21. The lowest BCUT2D eigenvalue weighted by Crippen LogP contribution is -2.28. The topological polar surface area (TPSA) is 12.0 Å². The van der Waals surface area contributed by atoms with Crippen molar-refractivity contribution in [3.63, 3.8) is 0 Å². The Balaban J connectivity index is 2.39. The molecule has 1 aromatic carbocycles. The molecular weight excluding hydrogens is 272 g/mol. The van der Waals surface area contributed by atoms with Crippen molar-refractivity contribution in [1.82, 2.24) is 5.32 Å². The van der Waals surface area contributed by atoms with Crippen LogP contribution in [-0.2, 0) is 6.54 Å². The van der Waals surface area contributed by atoms with Crippen molar-refractivity contribution in [3.05, 3.63) is 34.6 Å². The Morgan fingerprint density at radius 3 is 2.50 bits per heavy atom. The van der Waals surface area contributed by atoms with Crippen molar-refractivity contribution < 1.29 is 4.39 Å². The van der Waals surface area contributed by atoms with Crippen LogP contribution < -0.4 is 5.32 Å². The van der Waals surface area contributed by atoms with Gasteiger partial charge in [-0.2, -0.15) is 0 Å². The number of benzene rings is 1. The SMILES string of the molecule is CCC(CC)C(Cl)CNCc1ccc(Cl)c(F)c1. The molecule has 0 bridgehead atoms. The average Bonchev–Trinajstić information content (AvgIpc) is 2.35. The molecule has 0 aliphatic heterocycles. The fourth-order valence-electron chi connectivity index (χ4n) is 1.97. The fraction of sp³-hybridized carbons (Fsp3) is 0.571. The van der Waals surface area contributed by atoms with Crippen LogP contribution in [0.1, 0.15) is 32.3 Å². The number of hydrogen-bond acceptors (Lipinski definition) is 1. The van der Waals surface area contributed by atoms with Crippen molar-refractivity contribution in [2.45, 2.75) is 38.6 Å². The normalized spacial score (nSPS) is 13.0. The molecule has 1 rings (SSSR count). The number of halogens is 3. The summed E-state index contributed by atoms with van der Waals surface area (Å²) in [5, 5.41) is 3.54. The number of alkyl halides is 1. The van der Waals surface area contributed by atoms with E-state index in [1.807, 2.05) is 6.07 Å². The first-order chi connectivity index (χ1) is 8.58. The first-order valence-corrected chi connectivity index (χ1v) is 7.18. The maximum Gasteiger partial charge on any atom is 0.142 e. The minimum atomic E-state index is -0.376. The highest BCUT2D eigenvalue weighted by Gasteiger charge is 2.14. The first kappa shape index (κ1) is 15.7. The van der Waals surface area contributed by atoms with E-state index in [9.17, 15) is 4.39 Å². The van der Waals surface area contributed by atoms with Gasteiger partial charge in [-0.3, -0.25) is 0 Å². The molecule has 0 heterocycles.